The lowest BCUT2D eigenvalue weighted by atomic mass is 10.0. The standard InChI is InChI=1S/C14H19N3O3S/c1-4-17-14(12(20-2)9-16-17)13(15)10-6-5-7-11(8-10)21(3,18)19/h5-9,13H,4,15H2,1-3H3. The molecule has 1 aromatic heterocycles. The zero-order chi connectivity index (χ0) is 15.6. The molecule has 2 aromatic rings. The number of nitrogens with two attached hydrogens (primary N) is 1. The molecule has 1 atom stereocenters. The van der Waals surface area contributed by atoms with Gasteiger partial charge in [0.05, 0.1) is 24.2 Å². The van der Waals surface area contributed by atoms with E-state index in [1.807, 2.05) is 6.92 Å². The van der Waals surface area contributed by atoms with E-state index in [9.17, 15) is 8.42 Å². The average molecular weight is 309 g/mol. The summed E-state index contributed by atoms with van der Waals surface area (Å²) < 4.78 is 30.3. The molecule has 0 saturated heterocycles. The number of methoxy groups -OCH3 is 1. The number of ether oxygens (including phenoxy) is 1. The van der Waals surface area contributed by atoms with Crippen molar-refractivity contribution >= 4 is 9.84 Å². The predicted octanol–water partition coefficient (Wildman–Crippen LogP) is 1.36. The van der Waals surface area contributed by atoms with E-state index in [1.54, 1.807) is 42.3 Å². The second-order valence-corrected chi connectivity index (χ2v) is 6.75. The summed E-state index contributed by atoms with van der Waals surface area (Å²) in [6.07, 6.45) is 2.79. The van der Waals surface area contributed by atoms with Crippen molar-refractivity contribution in [2.45, 2.75) is 24.4 Å². The van der Waals surface area contributed by atoms with Crippen molar-refractivity contribution in [2.75, 3.05) is 13.4 Å². The van der Waals surface area contributed by atoms with E-state index in [0.29, 0.717) is 17.9 Å². The number of rotatable bonds is 5. The van der Waals surface area contributed by atoms with Crippen LogP contribution in [0, 0.1) is 0 Å². The van der Waals surface area contributed by atoms with Gasteiger partial charge in [-0.2, -0.15) is 5.10 Å². The third-order valence-corrected chi connectivity index (χ3v) is 4.41. The molecule has 6 nitrogen and oxygen atoms in total. The van der Waals surface area contributed by atoms with Crippen LogP contribution in [0.1, 0.15) is 24.2 Å². The van der Waals surface area contributed by atoms with Crippen molar-refractivity contribution in [3.8, 4) is 5.75 Å². The van der Waals surface area contributed by atoms with E-state index in [1.165, 1.54) is 6.26 Å². The molecule has 2 rings (SSSR count). The Hall–Kier alpha value is -1.86. The van der Waals surface area contributed by atoms with Crippen molar-refractivity contribution in [1.29, 1.82) is 0 Å². The number of aromatic nitrogens is 2. The summed E-state index contributed by atoms with van der Waals surface area (Å²) in [7, 11) is -1.71. The van der Waals surface area contributed by atoms with Gasteiger partial charge in [0.25, 0.3) is 0 Å². The molecule has 7 heteroatoms. The van der Waals surface area contributed by atoms with Crippen molar-refractivity contribution in [3.05, 3.63) is 41.7 Å². The van der Waals surface area contributed by atoms with Crippen molar-refractivity contribution in [1.82, 2.24) is 9.78 Å². The summed E-state index contributed by atoms with van der Waals surface area (Å²) >= 11 is 0. The molecule has 2 N–H and O–H groups in total. The van der Waals surface area contributed by atoms with Gasteiger partial charge in [-0.15, -0.1) is 0 Å². The van der Waals surface area contributed by atoms with Crippen LogP contribution in [0.3, 0.4) is 0 Å². The zero-order valence-electron chi connectivity index (χ0n) is 12.3. The maximum absolute atomic E-state index is 11.7. The SMILES string of the molecule is CCn1ncc(OC)c1C(N)c1cccc(S(C)(=O)=O)c1. The van der Waals surface area contributed by atoms with Crippen LogP contribution >= 0.6 is 0 Å². The number of sulfone groups is 1. The van der Waals surface area contributed by atoms with Gasteiger partial charge in [-0.3, -0.25) is 4.68 Å². The van der Waals surface area contributed by atoms with Gasteiger partial charge in [0.1, 0.15) is 5.69 Å². The molecular formula is C14H19N3O3S. The summed E-state index contributed by atoms with van der Waals surface area (Å²) in [6, 6.07) is 6.12. The van der Waals surface area contributed by atoms with Gasteiger partial charge >= 0.3 is 0 Å². The smallest absolute Gasteiger partial charge is 0.175 e. The quantitative estimate of drug-likeness (QED) is 0.901. The highest BCUT2D eigenvalue weighted by Crippen LogP contribution is 2.29. The largest absolute Gasteiger partial charge is 0.493 e. The molecule has 1 heterocycles. The third kappa shape index (κ3) is 3.08. The van der Waals surface area contributed by atoms with Gasteiger partial charge in [-0.05, 0) is 24.6 Å². The average Bonchev–Trinajstić information content (AvgIpc) is 2.88. The Morgan fingerprint density at radius 3 is 2.71 bits per heavy atom. The Morgan fingerprint density at radius 2 is 2.14 bits per heavy atom. The van der Waals surface area contributed by atoms with Crippen LogP contribution in [0.5, 0.6) is 5.75 Å². The lowest BCUT2D eigenvalue weighted by molar-refractivity contribution is 0.404. The van der Waals surface area contributed by atoms with Crippen molar-refractivity contribution < 1.29 is 13.2 Å². The molecule has 0 amide bonds. The normalized spacial score (nSPS) is 13.1. The molecule has 0 bridgehead atoms. The monoisotopic (exact) mass is 309 g/mol. The Morgan fingerprint density at radius 1 is 1.43 bits per heavy atom. The zero-order valence-corrected chi connectivity index (χ0v) is 13.1. The fourth-order valence-corrected chi connectivity index (χ4v) is 2.87. The minimum atomic E-state index is -3.27. The van der Waals surface area contributed by atoms with Gasteiger partial charge in [0.15, 0.2) is 15.6 Å². The number of hydrogen-bond acceptors (Lipinski definition) is 5. The number of aryl methyl sites for hydroxylation is 1. The molecule has 0 aliphatic carbocycles. The molecule has 1 unspecified atom stereocenters. The second-order valence-electron chi connectivity index (χ2n) is 4.74. The van der Waals surface area contributed by atoms with E-state index in [2.05, 4.69) is 5.10 Å². The van der Waals surface area contributed by atoms with E-state index < -0.39 is 15.9 Å². The Labute approximate surface area is 124 Å². The van der Waals surface area contributed by atoms with Gasteiger partial charge in [0, 0.05) is 12.8 Å². The predicted molar refractivity (Wildman–Crippen MR) is 80.0 cm³/mol. The van der Waals surface area contributed by atoms with Crippen LogP contribution in [-0.4, -0.2) is 31.6 Å². The maximum atomic E-state index is 11.7. The van der Waals surface area contributed by atoms with Crippen LogP contribution in [0.2, 0.25) is 0 Å². The van der Waals surface area contributed by atoms with Gasteiger partial charge in [0.2, 0.25) is 0 Å². The molecule has 0 spiro atoms. The van der Waals surface area contributed by atoms with Crippen LogP contribution in [-0.2, 0) is 16.4 Å². The molecule has 0 saturated carbocycles. The first-order valence-electron chi connectivity index (χ1n) is 6.53. The molecule has 21 heavy (non-hydrogen) atoms. The number of hydrogen-bond donors (Lipinski definition) is 1. The first kappa shape index (κ1) is 15.5. The first-order chi connectivity index (χ1) is 9.88. The Bertz CT molecular complexity index is 716. The highest BCUT2D eigenvalue weighted by molar-refractivity contribution is 7.90. The van der Waals surface area contributed by atoms with E-state index in [4.69, 9.17) is 10.5 Å². The van der Waals surface area contributed by atoms with Crippen LogP contribution in [0.15, 0.2) is 35.4 Å². The van der Waals surface area contributed by atoms with Gasteiger partial charge < -0.3 is 10.5 Å². The molecule has 0 aliphatic rings. The number of nitrogens with zero attached hydrogens (tertiary/aromatic N) is 2. The Balaban J connectivity index is 2.50. The van der Waals surface area contributed by atoms with E-state index in [-0.39, 0.29) is 4.90 Å². The minimum absolute atomic E-state index is 0.247. The Kier molecular flexibility index (Phi) is 4.34. The van der Waals surface area contributed by atoms with Crippen LogP contribution in [0.4, 0.5) is 0 Å². The fraction of sp³-hybridized carbons (Fsp3) is 0.357. The molecule has 0 aliphatic heterocycles. The summed E-state index contributed by atoms with van der Waals surface area (Å²) in [4.78, 5) is 0.247. The third-order valence-electron chi connectivity index (χ3n) is 3.30. The molecule has 0 fully saturated rings. The molecule has 0 radical (unpaired) electrons. The summed E-state index contributed by atoms with van der Waals surface area (Å²) in [5, 5.41) is 4.22. The lowest BCUT2D eigenvalue weighted by Gasteiger charge is -2.16. The minimum Gasteiger partial charge on any atom is -0.493 e. The lowest BCUT2D eigenvalue weighted by Crippen LogP contribution is -2.18. The van der Waals surface area contributed by atoms with E-state index in [0.717, 1.165) is 5.69 Å². The molecular weight excluding hydrogens is 290 g/mol. The number of benzene rings is 1. The van der Waals surface area contributed by atoms with Gasteiger partial charge in [-0.1, -0.05) is 12.1 Å². The van der Waals surface area contributed by atoms with Gasteiger partial charge in [-0.25, -0.2) is 8.42 Å². The fourth-order valence-electron chi connectivity index (χ4n) is 2.20. The summed E-state index contributed by atoms with van der Waals surface area (Å²) in [5.41, 5.74) is 7.72. The van der Waals surface area contributed by atoms with Crippen molar-refractivity contribution in [3.63, 3.8) is 0 Å². The van der Waals surface area contributed by atoms with Crippen molar-refractivity contribution in [2.24, 2.45) is 5.73 Å². The van der Waals surface area contributed by atoms with Crippen LogP contribution < -0.4 is 10.5 Å². The first-order valence-corrected chi connectivity index (χ1v) is 8.43. The maximum Gasteiger partial charge on any atom is 0.175 e. The topological polar surface area (TPSA) is 87.2 Å². The van der Waals surface area contributed by atoms with Crippen LogP contribution in [0.25, 0.3) is 0 Å². The second kappa shape index (κ2) is 5.87. The highest BCUT2D eigenvalue weighted by Gasteiger charge is 2.21. The molecule has 114 valence electrons. The summed E-state index contributed by atoms with van der Waals surface area (Å²) in [5.74, 6) is 0.592. The highest BCUT2D eigenvalue weighted by atomic mass is 32.2. The molecule has 1 aromatic carbocycles. The van der Waals surface area contributed by atoms with E-state index >= 15 is 0 Å². The summed E-state index contributed by atoms with van der Waals surface area (Å²) in [6.45, 7) is 2.60.